The van der Waals surface area contributed by atoms with Gasteiger partial charge in [-0.25, -0.2) is 4.98 Å². The van der Waals surface area contributed by atoms with Gasteiger partial charge in [0, 0.05) is 23.5 Å². The van der Waals surface area contributed by atoms with Gasteiger partial charge >= 0.3 is 0 Å². The Morgan fingerprint density at radius 3 is 2.71 bits per heavy atom. The van der Waals surface area contributed by atoms with Crippen molar-refractivity contribution in [2.75, 3.05) is 0 Å². The van der Waals surface area contributed by atoms with Gasteiger partial charge in [0.25, 0.3) is 0 Å². The summed E-state index contributed by atoms with van der Waals surface area (Å²) in [5, 5.41) is 0. The van der Waals surface area contributed by atoms with Crippen LogP contribution in [0.25, 0.3) is 16.9 Å². The Morgan fingerprint density at radius 2 is 1.88 bits per heavy atom. The van der Waals surface area contributed by atoms with Gasteiger partial charge in [-0.3, -0.25) is 4.79 Å². The first-order chi connectivity index (χ1) is 8.38. The van der Waals surface area contributed by atoms with E-state index in [-0.39, 0.29) is 0 Å². The standard InChI is InChI=1S/C14H10N2O/c17-10-11-5-1-2-6-12(11)13-9-16-8-4-3-7-14(16)15-13/h1-10H. The van der Waals surface area contributed by atoms with Crippen LogP contribution >= 0.6 is 0 Å². The topological polar surface area (TPSA) is 34.4 Å². The third kappa shape index (κ3) is 1.61. The first-order valence-electron chi connectivity index (χ1n) is 5.37. The maximum atomic E-state index is 11.0. The quantitative estimate of drug-likeness (QED) is 0.625. The predicted octanol–water partition coefficient (Wildman–Crippen LogP) is 2.81. The summed E-state index contributed by atoms with van der Waals surface area (Å²) in [6.07, 6.45) is 4.73. The molecule has 1 aromatic carbocycles. The van der Waals surface area contributed by atoms with Gasteiger partial charge in [-0.1, -0.05) is 30.3 Å². The van der Waals surface area contributed by atoms with E-state index in [1.807, 2.05) is 53.2 Å². The first kappa shape index (κ1) is 9.78. The number of carbonyl (C=O) groups excluding carboxylic acids is 1. The maximum absolute atomic E-state index is 11.0. The van der Waals surface area contributed by atoms with Crippen molar-refractivity contribution in [3.8, 4) is 11.3 Å². The Kier molecular flexibility index (Phi) is 2.22. The van der Waals surface area contributed by atoms with E-state index >= 15 is 0 Å². The van der Waals surface area contributed by atoms with Gasteiger partial charge in [-0.05, 0) is 12.1 Å². The number of aromatic nitrogens is 2. The number of benzene rings is 1. The van der Waals surface area contributed by atoms with Crippen LogP contribution in [0.4, 0.5) is 0 Å². The normalized spacial score (nSPS) is 10.6. The summed E-state index contributed by atoms with van der Waals surface area (Å²) in [5.74, 6) is 0. The Morgan fingerprint density at radius 1 is 1.06 bits per heavy atom. The highest BCUT2D eigenvalue weighted by atomic mass is 16.1. The van der Waals surface area contributed by atoms with Crippen LogP contribution in [0.1, 0.15) is 10.4 Å². The molecular formula is C14H10N2O. The summed E-state index contributed by atoms with van der Waals surface area (Å²) >= 11 is 0. The number of hydrogen-bond acceptors (Lipinski definition) is 2. The fourth-order valence-electron chi connectivity index (χ4n) is 1.90. The van der Waals surface area contributed by atoms with Gasteiger partial charge in [-0.2, -0.15) is 0 Å². The lowest BCUT2D eigenvalue weighted by Gasteiger charge is -1.98. The summed E-state index contributed by atoms with van der Waals surface area (Å²) in [7, 11) is 0. The van der Waals surface area contributed by atoms with E-state index < -0.39 is 0 Å². The van der Waals surface area contributed by atoms with Gasteiger partial charge in [0.1, 0.15) is 5.65 Å². The minimum atomic E-state index is 0.663. The second-order valence-corrected chi connectivity index (χ2v) is 3.80. The van der Waals surface area contributed by atoms with Crippen molar-refractivity contribution in [1.82, 2.24) is 9.38 Å². The molecule has 3 rings (SSSR count). The molecule has 0 radical (unpaired) electrons. The van der Waals surface area contributed by atoms with Crippen molar-refractivity contribution in [3.05, 3.63) is 60.4 Å². The molecule has 0 spiro atoms. The van der Waals surface area contributed by atoms with Crippen LogP contribution < -0.4 is 0 Å². The Balaban J connectivity index is 2.23. The highest BCUT2D eigenvalue weighted by molar-refractivity contribution is 5.86. The zero-order valence-electron chi connectivity index (χ0n) is 9.08. The van der Waals surface area contributed by atoms with Crippen molar-refractivity contribution in [1.29, 1.82) is 0 Å². The molecule has 0 aliphatic heterocycles. The third-order valence-electron chi connectivity index (χ3n) is 2.73. The van der Waals surface area contributed by atoms with Crippen LogP contribution in [0.2, 0.25) is 0 Å². The fourth-order valence-corrected chi connectivity index (χ4v) is 1.90. The van der Waals surface area contributed by atoms with Crippen molar-refractivity contribution in [3.63, 3.8) is 0 Å². The summed E-state index contributed by atoms with van der Waals surface area (Å²) in [5.41, 5.74) is 3.23. The maximum Gasteiger partial charge on any atom is 0.150 e. The molecule has 17 heavy (non-hydrogen) atoms. The largest absolute Gasteiger partial charge is 0.306 e. The van der Waals surface area contributed by atoms with E-state index in [9.17, 15) is 4.79 Å². The second kappa shape index (κ2) is 3.87. The molecule has 0 bridgehead atoms. The van der Waals surface area contributed by atoms with E-state index in [1.54, 1.807) is 6.07 Å². The van der Waals surface area contributed by atoms with E-state index in [1.165, 1.54) is 0 Å². The molecule has 2 aromatic heterocycles. The smallest absolute Gasteiger partial charge is 0.150 e. The molecule has 0 unspecified atom stereocenters. The zero-order chi connectivity index (χ0) is 11.7. The number of aldehydes is 1. The highest BCUT2D eigenvalue weighted by Gasteiger charge is 2.07. The van der Waals surface area contributed by atoms with E-state index in [0.29, 0.717) is 5.56 Å². The molecule has 3 nitrogen and oxygen atoms in total. The molecule has 82 valence electrons. The minimum absolute atomic E-state index is 0.663. The molecule has 0 amide bonds. The molecule has 0 atom stereocenters. The van der Waals surface area contributed by atoms with Crippen LogP contribution in [-0.4, -0.2) is 15.7 Å². The van der Waals surface area contributed by atoms with Crippen molar-refractivity contribution < 1.29 is 4.79 Å². The average Bonchev–Trinajstić information content (AvgIpc) is 2.82. The minimum Gasteiger partial charge on any atom is -0.306 e. The number of hydrogen-bond donors (Lipinski definition) is 0. The van der Waals surface area contributed by atoms with Crippen molar-refractivity contribution >= 4 is 11.9 Å². The molecule has 0 saturated carbocycles. The molecular weight excluding hydrogens is 212 g/mol. The number of rotatable bonds is 2. The number of fused-ring (bicyclic) bond motifs is 1. The van der Waals surface area contributed by atoms with Crippen LogP contribution in [0, 0.1) is 0 Å². The Labute approximate surface area is 98.4 Å². The molecule has 0 aliphatic rings. The van der Waals surface area contributed by atoms with Gasteiger partial charge in [-0.15, -0.1) is 0 Å². The SMILES string of the molecule is O=Cc1ccccc1-c1cn2ccccc2n1. The summed E-state index contributed by atoms with van der Waals surface area (Å²) in [6, 6.07) is 13.3. The molecule has 3 heteroatoms. The van der Waals surface area contributed by atoms with Crippen LogP contribution in [-0.2, 0) is 0 Å². The molecule has 2 heterocycles. The summed E-state index contributed by atoms with van der Waals surface area (Å²) < 4.78 is 1.94. The highest BCUT2D eigenvalue weighted by Crippen LogP contribution is 2.21. The van der Waals surface area contributed by atoms with Gasteiger partial charge < -0.3 is 4.40 Å². The summed E-state index contributed by atoms with van der Waals surface area (Å²) in [6.45, 7) is 0. The van der Waals surface area contributed by atoms with E-state index in [0.717, 1.165) is 23.2 Å². The molecule has 0 N–H and O–H groups in total. The lowest BCUT2D eigenvalue weighted by molar-refractivity contribution is 0.112. The van der Waals surface area contributed by atoms with E-state index in [2.05, 4.69) is 4.98 Å². The fraction of sp³-hybridized carbons (Fsp3) is 0. The lowest BCUT2D eigenvalue weighted by atomic mass is 10.1. The monoisotopic (exact) mass is 222 g/mol. The van der Waals surface area contributed by atoms with Crippen molar-refractivity contribution in [2.45, 2.75) is 0 Å². The van der Waals surface area contributed by atoms with Gasteiger partial charge in [0.15, 0.2) is 6.29 Å². The summed E-state index contributed by atoms with van der Waals surface area (Å²) in [4.78, 5) is 15.5. The van der Waals surface area contributed by atoms with Crippen molar-refractivity contribution in [2.24, 2.45) is 0 Å². The number of carbonyl (C=O) groups is 1. The van der Waals surface area contributed by atoms with Gasteiger partial charge in [0.2, 0.25) is 0 Å². The third-order valence-corrected chi connectivity index (χ3v) is 2.73. The predicted molar refractivity (Wildman–Crippen MR) is 66.0 cm³/mol. The Hall–Kier alpha value is -2.42. The van der Waals surface area contributed by atoms with E-state index in [4.69, 9.17) is 0 Å². The molecule has 0 fully saturated rings. The molecule has 3 aromatic rings. The average molecular weight is 222 g/mol. The van der Waals surface area contributed by atoms with Crippen LogP contribution in [0.3, 0.4) is 0 Å². The molecule has 0 saturated heterocycles. The lowest BCUT2D eigenvalue weighted by Crippen LogP contribution is -1.86. The molecule has 0 aliphatic carbocycles. The zero-order valence-corrected chi connectivity index (χ0v) is 9.08. The van der Waals surface area contributed by atoms with Crippen LogP contribution in [0.5, 0.6) is 0 Å². The number of imidazole rings is 1. The van der Waals surface area contributed by atoms with Gasteiger partial charge in [0.05, 0.1) is 5.69 Å². The number of pyridine rings is 1. The first-order valence-corrected chi connectivity index (χ1v) is 5.37. The van der Waals surface area contributed by atoms with Crippen LogP contribution in [0.15, 0.2) is 54.9 Å². The second-order valence-electron chi connectivity index (χ2n) is 3.80. The number of nitrogens with zero attached hydrogens (tertiary/aromatic N) is 2. The Bertz CT molecular complexity index is 652.